The van der Waals surface area contributed by atoms with Crippen LogP contribution in [0.25, 0.3) is 0 Å². The Kier molecular flexibility index (Phi) is 8.77. The van der Waals surface area contributed by atoms with Crippen LogP contribution in [0.3, 0.4) is 0 Å². The van der Waals surface area contributed by atoms with Crippen LogP contribution in [-0.2, 0) is 21.4 Å². The van der Waals surface area contributed by atoms with Gasteiger partial charge in [0.25, 0.3) is 0 Å². The average molecular weight is 518 g/mol. The highest BCUT2D eigenvalue weighted by Crippen LogP contribution is 2.21. The van der Waals surface area contributed by atoms with Gasteiger partial charge in [-0.15, -0.1) is 0 Å². The number of amides is 3. The summed E-state index contributed by atoms with van der Waals surface area (Å²) in [5, 5.41) is 5.65. The third-order valence-electron chi connectivity index (χ3n) is 6.22. The molecular formula is C24H31N5O4S2. The number of thioether (sulfide) groups is 1. The molecule has 2 heterocycles. The van der Waals surface area contributed by atoms with Crippen LogP contribution in [0, 0.1) is 0 Å². The summed E-state index contributed by atoms with van der Waals surface area (Å²) in [4.78, 5) is 30.5. The van der Waals surface area contributed by atoms with Crippen LogP contribution in [-0.4, -0.2) is 72.5 Å². The SMILES string of the molecule is O=C(CSc1ccc(S(=O)(=O)N2CCN(Cc3ccccc3)CC2)cn1)NC(=O)NC1CCCC1. The Hall–Kier alpha value is -2.47. The van der Waals surface area contributed by atoms with Crippen LogP contribution in [0.4, 0.5) is 4.79 Å². The number of aromatic nitrogens is 1. The maximum absolute atomic E-state index is 13.0. The molecular weight excluding hydrogens is 486 g/mol. The standard InChI is InChI=1S/C24H31N5O4S2/c30-22(27-24(31)26-20-8-4-5-9-20)18-34-23-11-10-21(16-25-23)35(32,33)29-14-12-28(13-15-29)17-19-6-2-1-3-7-19/h1-3,6-7,10-11,16,20H,4-5,8-9,12-15,17-18H2,(H2,26,27,30,31). The smallest absolute Gasteiger partial charge is 0.321 e. The number of rotatable bonds is 8. The minimum absolute atomic E-state index is 0.0144. The van der Waals surface area contributed by atoms with E-state index >= 15 is 0 Å². The molecule has 0 unspecified atom stereocenters. The molecule has 1 aliphatic carbocycles. The van der Waals surface area contributed by atoms with Crippen LogP contribution < -0.4 is 10.6 Å². The molecule has 2 N–H and O–H groups in total. The highest BCUT2D eigenvalue weighted by atomic mass is 32.2. The van der Waals surface area contributed by atoms with Crippen LogP contribution in [0.15, 0.2) is 58.6 Å². The molecule has 11 heteroatoms. The Balaban J connectivity index is 1.23. The van der Waals surface area contributed by atoms with E-state index < -0.39 is 22.0 Å². The van der Waals surface area contributed by atoms with Gasteiger partial charge in [-0.3, -0.25) is 15.0 Å². The molecule has 4 rings (SSSR count). The van der Waals surface area contributed by atoms with Gasteiger partial charge >= 0.3 is 6.03 Å². The Morgan fingerprint density at radius 1 is 1.00 bits per heavy atom. The average Bonchev–Trinajstić information content (AvgIpc) is 3.37. The monoisotopic (exact) mass is 517 g/mol. The molecule has 2 aromatic rings. The van der Waals surface area contributed by atoms with Gasteiger partial charge in [-0.05, 0) is 30.5 Å². The van der Waals surface area contributed by atoms with Crippen molar-refractivity contribution in [1.29, 1.82) is 0 Å². The van der Waals surface area contributed by atoms with Crippen molar-refractivity contribution in [2.75, 3.05) is 31.9 Å². The lowest BCUT2D eigenvalue weighted by molar-refractivity contribution is -0.117. The number of pyridine rings is 1. The van der Waals surface area contributed by atoms with Crippen LogP contribution in [0.2, 0.25) is 0 Å². The lowest BCUT2D eigenvalue weighted by Gasteiger charge is -2.33. The topological polar surface area (TPSA) is 112 Å². The Morgan fingerprint density at radius 3 is 2.37 bits per heavy atom. The van der Waals surface area contributed by atoms with Gasteiger partial charge in [0.1, 0.15) is 4.90 Å². The van der Waals surface area contributed by atoms with E-state index in [1.807, 2.05) is 18.2 Å². The minimum atomic E-state index is -3.63. The fourth-order valence-electron chi connectivity index (χ4n) is 4.32. The normalized spacial score (nSPS) is 17.8. The number of imide groups is 1. The molecule has 9 nitrogen and oxygen atoms in total. The van der Waals surface area contributed by atoms with Crippen LogP contribution in [0.1, 0.15) is 31.2 Å². The number of benzene rings is 1. The first kappa shape index (κ1) is 25.6. The molecule has 1 aliphatic heterocycles. The van der Waals surface area contributed by atoms with E-state index in [-0.39, 0.29) is 16.7 Å². The van der Waals surface area contributed by atoms with E-state index in [4.69, 9.17) is 0 Å². The van der Waals surface area contributed by atoms with E-state index in [9.17, 15) is 18.0 Å². The molecule has 1 aromatic carbocycles. The van der Waals surface area contributed by atoms with Gasteiger partial charge in [0, 0.05) is 45.0 Å². The van der Waals surface area contributed by atoms with Crippen molar-refractivity contribution in [3.05, 3.63) is 54.2 Å². The number of hydrogen-bond acceptors (Lipinski definition) is 7. The molecule has 188 valence electrons. The van der Waals surface area contributed by atoms with Gasteiger partial charge in [0.2, 0.25) is 15.9 Å². The summed E-state index contributed by atoms with van der Waals surface area (Å²) in [5.41, 5.74) is 1.21. The van der Waals surface area contributed by atoms with Gasteiger partial charge < -0.3 is 5.32 Å². The van der Waals surface area contributed by atoms with Gasteiger partial charge in [-0.25, -0.2) is 18.2 Å². The third-order valence-corrected chi connectivity index (χ3v) is 9.05. The van der Waals surface area contributed by atoms with Gasteiger partial charge in [0.15, 0.2) is 0 Å². The quantitative estimate of drug-likeness (QED) is 0.518. The van der Waals surface area contributed by atoms with E-state index in [0.29, 0.717) is 31.2 Å². The lowest BCUT2D eigenvalue weighted by Crippen LogP contribution is -2.48. The summed E-state index contributed by atoms with van der Waals surface area (Å²) in [6, 6.07) is 12.9. The molecule has 2 aliphatic rings. The minimum Gasteiger partial charge on any atom is -0.335 e. The Morgan fingerprint density at radius 2 is 1.71 bits per heavy atom. The zero-order valence-corrected chi connectivity index (χ0v) is 21.2. The van der Waals surface area contributed by atoms with Crippen LogP contribution >= 0.6 is 11.8 Å². The van der Waals surface area contributed by atoms with Crippen molar-refractivity contribution in [3.63, 3.8) is 0 Å². The number of carbonyl (C=O) groups is 2. The van der Waals surface area contributed by atoms with Crippen molar-refractivity contribution < 1.29 is 18.0 Å². The van der Waals surface area contributed by atoms with E-state index in [1.165, 1.54) is 22.1 Å². The number of sulfonamides is 1. The fourth-order valence-corrected chi connectivity index (χ4v) is 6.33. The zero-order chi connectivity index (χ0) is 24.7. The van der Waals surface area contributed by atoms with Crippen molar-refractivity contribution >= 4 is 33.7 Å². The second-order valence-corrected chi connectivity index (χ2v) is 11.7. The summed E-state index contributed by atoms with van der Waals surface area (Å²) in [7, 11) is -3.63. The van der Waals surface area contributed by atoms with Gasteiger partial charge in [-0.1, -0.05) is 54.9 Å². The number of nitrogens with one attached hydrogen (secondary N) is 2. The molecule has 0 bridgehead atoms. The molecule has 1 saturated carbocycles. The highest BCUT2D eigenvalue weighted by molar-refractivity contribution is 7.99. The predicted octanol–water partition coefficient (Wildman–Crippen LogP) is 2.45. The maximum atomic E-state index is 13.0. The van der Waals surface area contributed by atoms with Gasteiger partial charge in [-0.2, -0.15) is 4.31 Å². The molecule has 2 fully saturated rings. The summed E-state index contributed by atoms with van der Waals surface area (Å²) in [6.45, 7) is 2.99. The fraction of sp³-hybridized carbons (Fsp3) is 0.458. The molecule has 0 spiro atoms. The molecule has 0 radical (unpaired) electrons. The summed E-state index contributed by atoms with van der Waals surface area (Å²) in [5.74, 6) is -0.405. The lowest BCUT2D eigenvalue weighted by atomic mass is 10.2. The maximum Gasteiger partial charge on any atom is 0.321 e. The molecule has 0 atom stereocenters. The molecule has 1 saturated heterocycles. The van der Waals surface area contributed by atoms with Crippen LogP contribution in [0.5, 0.6) is 0 Å². The number of piperazine rings is 1. The van der Waals surface area contributed by atoms with Gasteiger partial charge in [0.05, 0.1) is 10.8 Å². The first-order valence-electron chi connectivity index (χ1n) is 11.9. The first-order valence-corrected chi connectivity index (χ1v) is 14.3. The first-order chi connectivity index (χ1) is 16.9. The predicted molar refractivity (Wildman–Crippen MR) is 134 cm³/mol. The third kappa shape index (κ3) is 7.26. The summed E-state index contributed by atoms with van der Waals surface area (Å²) < 4.78 is 27.6. The van der Waals surface area contributed by atoms with E-state index in [2.05, 4.69) is 32.7 Å². The van der Waals surface area contributed by atoms with E-state index in [0.717, 1.165) is 44.0 Å². The van der Waals surface area contributed by atoms with Crippen molar-refractivity contribution in [2.45, 2.75) is 48.2 Å². The van der Waals surface area contributed by atoms with E-state index in [1.54, 1.807) is 6.07 Å². The second-order valence-electron chi connectivity index (χ2n) is 8.79. The largest absolute Gasteiger partial charge is 0.335 e. The Bertz CT molecular complexity index is 1100. The molecule has 35 heavy (non-hydrogen) atoms. The van der Waals surface area contributed by atoms with Crippen molar-refractivity contribution in [3.8, 4) is 0 Å². The number of hydrogen-bond donors (Lipinski definition) is 2. The zero-order valence-electron chi connectivity index (χ0n) is 19.6. The second kappa shape index (κ2) is 12.0. The number of nitrogens with zero attached hydrogens (tertiary/aromatic N) is 3. The van der Waals surface area contributed by atoms with Crippen molar-refractivity contribution in [1.82, 2.24) is 24.8 Å². The van der Waals surface area contributed by atoms with Crippen molar-refractivity contribution in [2.24, 2.45) is 0 Å². The number of urea groups is 1. The summed E-state index contributed by atoms with van der Waals surface area (Å²) >= 11 is 1.15. The molecule has 3 amide bonds. The molecule has 1 aromatic heterocycles. The Labute approximate surface area is 210 Å². The number of carbonyl (C=O) groups excluding carboxylic acids is 2. The summed E-state index contributed by atoms with van der Waals surface area (Å²) in [6.07, 6.45) is 5.41. The highest BCUT2D eigenvalue weighted by Gasteiger charge is 2.28.